The third-order valence-electron chi connectivity index (χ3n) is 3.43. The molecule has 1 aliphatic heterocycles. The molecule has 3 nitrogen and oxygen atoms in total. The predicted molar refractivity (Wildman–Crippen MR) is 53.7 cm³/mol. The quantitative estimate of drug-likeness (QED) is 0.723. The van der Waals surface area contributed by atoms with Crippen LogP contribution in [0.25, 0.3) is 0 Å². The highest BCUT2D eigenvalue weighted by Gasteiger charge is 2.36. The number of hydrogen-bond donors (Lipinski definition) is 1. The van der Waals surface area contributed by atoms with Gasteiger partial charge in [0.2, 0.25) is 0 Å². The molecule has 78 valence electrons. The predicted octanol–water partition coefficient (Wildman–Crippen LogP) is 1.45. The van der Waals surface area contributed by atoms with E-state index in [1.54, 1.807) is 0 Å². The molecule has 3 atom stereocenters. The fourth-order valence-electron chi connectivity index (χ4n) is 2.52. The van der Waals surface area contributed by atoms with E-state index >= 15 is 0 Å². The number of rotatable bonds is 2. The lowest BCUT2D eigenvalue weighted by Crippen LogP contribution is -2.49. The van der Waals surface area contributed by atoms with Crippen molar-refractivity contribution in [2.24, 2.45) is 5.92 Å². The first-order valence-corrected chi connectivity index (χ1v) is 5.49. The van der Waals surface area contributed by atoms with E-state index in [4.69, 9.17) is 10.00 Å². The summed E-state index contributed by atoms with van der Waals surface area (Å²) in [4.78, 5) is 0. The van der Waals surface area contributed by atoms with E-state index in [9.17, 15) is 0 Å². The number of nitriles is 1. The largest absolute Gasteiger partial charge is 0.379 e. The summed E-state index contributed by atoms with van der Waals surface area (Å²) >= 11 is 0. The van der Waals surface area contributed by atoms with Crippen molar-refractivity contribution in [2.75, 3.05) is 13.2 Å². The second-order valence-corrected chi connectivity index (χ2v) is 4.78. The standard InChI is InChI=1S/C11H18N2O/c1-11(5-6-14-8-11)13-10-4-2-3-9(10)7-12/h9-10,13H,2-6,8H2,1H3. The van der Waals surface area contributed by atoms with Crippen molar-refractivity contribution in [2.45, 2.75) is 44.2 Å². The van der Waals surface area contributed by atoms with Crippen molar-refractivity contribution in [1.82, 2.24) is 5.32 Å². The molecule has 0 bridgehead atoms. The minimum Gasteiger partial charge on any atom is -0.379 e. The molecule has 1 saturated carbocycles. The molecule has 0 spiro atoms. The molecule has 14 heavy (non-hydrogen) atoms. The van der Waals surface area contributed by atoms with Crippen LogP contribution in [0.1, 0.15) is 32.6 Å². The lowest BCUT2D eigenvalue weighted by molar-refractivity contribution is 0.164. The zero-order valence-corrected chi connectivity index (χ0v) is 8.75. The first-order valence-electron chi connectivity index (χ1n) is 5.49. The van der Waals surface area contributed by atoms with Gasteiger partial charge in [-0.3, -0.25) is 0 Å². The zero-order chi connectivity index (χ0) is 10.0. The van der Waals surface area contributed by atoms with Crippen molar-refractivity contribution in [1.29, 1.82) is 5.26 Å². The highest BCUT2D eigenvalue weighted by molar-refractivity contribution is 5.00. The molecule has 1 aliphatic carbocycles. The monoisotopic (exact) mass is 194 g/mol. The van der Waals surface area contributed by atoms with Gasteiger partial charge >= 0.3 is 0 Å². The Hall–Kier alpha value is -0.590. The molecule has 0 aromatic carbocycles. The van der Waals surface area contributed by atoms with Gasteiger partial charge in [-0.05, 0) is 26.2 Å². The average Bonchev–Trinajstić information content (AvgIpc) is 2.75. The second kappa shape index (κ2) is 3.88. The molecule has 1 N–H and O–H groups in total. The molecule has 2 aliphatic rings. The lowest BCUT2D eigenvalue weighted by atomic mass is 9.97. The Morgan fingerprint density at radius 2 is 2.36 bits per heavy atom. The Morgan fingerprint density at radius 3 is 3.00 bits per heavy atom. The molecule has 2 rings (SSSR count). The lowest BCUT2D eigenvalue weighted by Gasteiger charge is -2.29. The third-order valence-corrected chi connectivity index (χ3v) is 3.43. The molecule has 0 aromatic heterocycles. The molecular formula is C11H18N2O. The van der Waals surface area contributed by atoms with Gasteiger partial charge < -0.3 is 10.1 Å². The van der Waals surface area contributed by atoms with Crippen LogP contribution < -0.4 is 5.32 Å². The molecule has 0 amide bonds. The summed E-state index contributed by atoms with van der Waals surface area (Å²) in [6.07, 6.45) is 4.47. The maximum atomic E-state index is 8.97. The number of nitrogens with one attached hydrogen (secondary N) is 1. The van der Waals surface area contributed by atoms with Crippen molar-refractivity contribution < 1.29 is 4.74 Å². The van der Waals surface area contributed by atoms with Gasteiger partial charge in [0.05, 0.1) is 18.6 Å². The molecule has 2 fully saturated rings. The summed E-state index contributed by atoms with van der Waals surface area (Å²) in [5.74, 6) is 0.215. The number of nitrogens with zero attached hydrogens (tertiary/aromatic N) is 1. The van der Waals surface area contributed by atoms with E-state index in [1.165, 1.54) is 6.42 Å². The minimum atomic E-state index is 0.115. The van der Waals surface area contributed by atoms with Gasteiger partial charge in [0.15, 0.2) is 0 Å². The topological polar surface area (TPSA) is 45.0 Å². The fraction of sp³-hybridized carbons (Fsp3) is 0.909. The molecule has 1 saturated heterocycles. The van der Waals surface area contributed by atoms with Crippen LogP contribution in [-0.4, -0.2) is 24.8 Å². The normalized spacial score (nSPS) is 42.6. The molecule has 3 heteroatoms. The number of ether oxygens (including phenoxy) is 1. The Morgan fingerprint density at radius 1 is 1.50 bits per heavy atom. The van der Waals surface area contributed by atoms with E-state index in [0.717, 1.165) is 32.5 Å². The van der Waals surface area contributed by atoms with Gasteiger partial charge in [0.1, 0.15) is 0 Å². The van der Waals surface area contributed by atoms with Gasteiger partial charge in [-0.15, -0.1) is 0 Å². The Balaban J connectivity index is 1.93. The SMILES string of the molecule is CC1(NC2CCCC2C#N)CCOC1. The summed E-state index contributed by atoms with van der Waals surface area (Å²) < 4.78 is 5.39. The minimum absolute atomic E-state index is 0.115. The maximum Gasteiger partial charge on any atom is 0.0672 e. The van der Waals surface area contributed by atoms with Crippen LogP contribution in [0.2, 0.25) is 0 Å². The van der Waals surface area contributed by atoms with Crippen LogP contribution in [-0.2, 0) is 4.74 Å². The van der Waals surface area contributed by atoms with Crippen LogP contribution in [0.15, 0.2) is 0 Å². The summed E-state index contributed by atoms with van der Waals surface area (Å²) in [5.41, 5.74) is 0.115. The summed E-state index contributed by atoms with van der Waals surface area (Å²) in [5, 5.41) is 12.6. The van der Waals surface area contributed by atoms with Gasteiger partial charge in [-0.25, -0.2) is 0 Å². The van der Waals surface area contributed by atoms with Crippen LogP contribution in [0.3, 0.4) is 0 Å². The molecule has 0 aromatic rings. The van der Waals surface area contributed by atoms with Crippen molar-refractivity contribution in [3.8, 4) is 6.07 Å². The first-order chi connectivity index (χ1) is 6.73. The maximum absolute atomic E-state index is 8.97. The van der Waals surface area contributed by atoms with Gasteiger partial charge in [-0.1, -0.05) is 6.42 Å². The van der Waals surface area contributed by atoms with E-state index in [2.05, 4.69) is 18.3 Å². The van der Waals surface area contributed by atoms with E-state index in [1.807, 2.05) is 0 Å². The summed E-state index contributed by atoms with van der Waals surface area (Å²) in [6.45, 7) is 3.85. The van der Waals surface area contributed by atoms with E-state index < -0.39 is 0 Å². The average molecular weight is 194 g/mol. The summed E-state index contributed by atoms with van der Waals surface area (Å²) in [7, 11) is 0. The second-order valence-electron chi connectivity index (χ2n) is 4.78. The van der Waals surface area contributed by atoms with Gasteiger partial charge in [0.25, 0.3) is 0 Å². The van der Waals surface area contributed by atoms with Crippen molar-refractivity contribution in [3.63, 3.8) is 0 Å². The van der Waals surface area contributed by atoms with Crippen LogP contribution >= 0.6 is 0 Å². The van der Waals surface area contributed by atoms with Crippen molar-refractivity contribution in [3.05, 3.63) is 0 Å². The molecule has 3 unspecified atom stereocenters. The van der Waals surface area contributed by atoms with Crippen LogP contribution in [0, 0.1) is 17.2 Å². The van der Waals surface area contributed by atoms with Crippen LogP contribution in [0.4, 0.5) is 0 Å². The number of hydrogen-bond acceptors (Lipinski definition) is 3. The highest BCUT2D eigenvalue weighted by Crippen LogP contribution is 2.28. The molecule has 0 radical (unpaired) electrons. The Labute approximate surface area is 85.4 Å². The van der Waals surface area contributed by atoms with Gasteiger partial charge in [0, 0.05) is 18.2 Å². The van der Waals surface area contributed by atoms with Gasteiger partial charge in [-0.2, -0.15) is 5.26 Å². The third kappa shape index (κ3) is 1.92. The first kappa shape index (κ1) is 9.95. The van der Waals surface area contributed by atoms with E-state index in [-0.39, 0.29) is 11.5 Å². The zero-order valence-electron chi connectivity index (χ0n) is 8.75. The fourth-order valence-corrected chi connectivity index (χ4v) is 2.52. The summed E-state index contributed by atoms with van der Waals surface area (Å²) in [6, 6.07) is 2.80. The Bertz CT molecular complexity index is 240. The van der Waals surface area contributed by atoms with E-state index in [0.29, 0.717) is 6.04 Å². The molecule has 1 heterocycles. The highest BCUT2D eigenvalue weighted by atomic mass is 16.5. The van der Waals surface area contributed by atoms with Crippen molar-refractivity contribution >= 4 is 0 Å². The Kier molecular flexibility index (Phi) is 2.76. The molecular weight excluding hydrogens is 176 g/mol. The van der Waals surface area contributed by atoms with Crippen LogP contribution in [0.5, 0.6) is 0 Å². The smallest absolute Gasteiger partial charge is 0.0672 e.